The summed E-state index contributed by atoms with van der Waals surface area (Å²) in [5.74, 6) is 0.823. The van der Waals surface area contributed by atoms with E-state index in [1.807, 2.05) is 24.7 Å². The van der Waals surface area contributed by atoms with Gasteiger partial charge in [-0.3, -0.25) is 0 Å². The van der Waals surface area contributed by atoms with E-state index in [1.54, 1.807) is 6.20 Å². The third-order valence-electron chi connectivity index (χ3n) is 2.62. The zero-order chi connectivity index (χ0) is 14.3. The molecule has 0 radical (unpaired) electrons. The maximum absolute atomic E-state index is 12.0. The van der Waals surface area contributed by atoms with E-state index < -0.39 is 12.8 Å². The van der Waals surface area contributed by atoms with Crippen molar-refractivity contribution in [2.75, 3.05) is 19.8 Å². The molecule has 0 spiro atoms. The zero-order valence-electron chi connectivity index (χ0n) is 11.2. The summed E-state index contributed by atoms with van der Waals surface area (Å²) in [7, 11) is 1.86. The fourth-order valence-corrected chi connectivity index (χ4v) is 1.67. The lowest BCUT2D eigenvalue weighted by molar-refractivity contribution is -0.175. The van der Waals surface area contributed by atoms with Crippen molar-refractivity contribution >= 4 is 0 Å². The molecule has 110 valence electrons. The van der Waals surface area contributed by atoms with Gasteiger partial charge in [-0.1, -0.05) is 6.92 Å². The number of nitrogens with zero attached hydrogens (tertiary/aromatic N) is 2. The van der Waals surface area contributed by atoms with Gasteiger partial charge >= 0.3 is 6.18 Å². The predicted molar refractivity (Wildman–Crippen MR) is 65.9 cm³/mol. The van der Waals surface area contributed by atoms with E-state index >= 15 is 0 Å². The molecule has 1 rings (SSSR count). The predicted octanol–water partition coefficient (Wildman–Crippen LogP) is 1.91. The lowest BCUT2D eigenvalue weighted by Gasteiger charge is -2.19. The van der Waals surface area contributed by atoms with Crippen LogP contribution in [0.25, 0.3) is 0 Å². The van der Waals surface area contributed by atoms with E-state index in [1.165, 1.54) is 0 Å². The summed E-state index contributed by atoms with van der Waals surface area (Å²) in [4.78, 5) is 4.17. The summed E-state index contributed by atoms with van der Waals surface area (Å²) < 4.78 is 42.7. The number of hydrogen-bond acceptors (Lipinski definition) is 3. The molecule has 1 N–H and O–H groups in total. The quantitative estimate of drug-likeness (QED) is 0.790. The summed E-state index contributed by atoms with van der Waals surface area (Å²) >= 11 is 0. The Morgan fingerprint density at radius 1 is 1.47 bits per heavy atom. The van der Waals surface area contributed by atoms with Crippen LogP contribution in [0.3, 0.4) is 0 Å². The van der Waals surface area contributed by atoms with Crippen LogP contribution in [-0.2, 0) is 18.2 Å². The summed E-state index contributed by atoms with van der Waals surface area (Å²) in [6, 6.07) is -0.164. The highest BCUT2D eigenvalue weighted by Crippen LogP contribution is 2.14. The van der Waals surface area contributed by atoms with Gasteiger partial charge in [0.05, 0.1) is 6.61 Å². The standard InChI is InChI=1S/C12H20F3N3O/c1-3-4-16-10(8-19-9-12(13,14)15)7-11-17-5-6-18(11)2/h5-6,10,16H,3-4,7-9H2,1-2H3. The minimum atomic E-state index is -4.28. The van der Waals surface area contributed by atoms with Gasteiger partial charge in [0, 0.05) is 31.9 Å². The van der Waals surface area contributed by atoms with Crippen molar-refractivity contribution in [2.24, 2.45) is 7.05 Å². The van der Waals surface area contributed by atoms with Crippen LogP contribution >= 0.6 is 0 Å². The van der Waals surface area contributed by atoms with Crippen molar-refractivity contribution in [3.05, 3.63) is 18.2 Å². The number of imidazole rings is 1. The number of nitrogens with one attached hydrogen (secondary N) is 1. The number of alkyl halides is 3. The maximum Gasteiger partial charge on any atom is 0.411 e. The van der Waals surface area contributed by atoms with Crippen LogP contribution in [0.4, 0.5) is 13.2 Å². The largest absolute Gasteiger partial charge is 0.411 e. The van der Waals surface area contributed by atoms with Crippen molar-refractivity contribution in [3.8, 4) is 0 Å². The Kier molecular flexibility index (Phi) is 6.30. The van der Waals surface area contributed by atoms with Crippen LogP contribution < -0.4 is 5.32 Å². The molecule has 0 aliphatic carbocycles. The SMILES string of the molecule is CCCNC(COCC(F)(F)F)Cc1nccn1C. The van der Waals surface area contributed by atoms with Crippen LogP contribution in [0, 0.1) is 0 Å². The van der Waals surface area contributed by atoms with Crippen molar-refractivity contribution in [1.82, 2.24) is 14.9 Å². The Labute approximate surface area is 111 Å². The minimum absolute atomic E-state index is 0.0202. The molecule has 7 heteroatoms. The Bertz CT molecular complexity index is 365. The highest BCUT2D eigenvalue weighted by atomic mass is 19.4. The number of rotatable bonds is 8. The van der Waals surface area contributed by atoms with Crippen LogP contribution in [-0.4, -0.2) is 41.5 Å². The van der Waals surface area contributed by atoms with Crippen LogP contribution in [0.5, 0.6) is 0 Å². The Balaban J connectivity index is 2.45. The molecule has 19 heavy (non-hydrogen) atoms. The second kappa shape index (κ2) is 7.49. The molecule has 1 aromatic rings. The molecule has 0 saturated heterocycles. The van der Waals surface area contributed by atoms with E-state index in [0.717, 1.165) is 18.8 Å². The van der Waals surface area contributed by atoms with Crippen LogP contribution in [0.2, 0.25) is 0 Å². The van der Waals surface area contributed by atoms with E-state index in [9.17, 15) is 13.2 Å². The van der Waals surface area contributed by atoms with E-state index in [-0.39, 0.29) is 12.6 Å². The average molecular weight is 279 g/mol. The first kappa shape index (κ1) is 16.0. The van der Waals surface area contributed by atoms with Gasteiger partial charge in [-0.15, -0.1) is 0 Å². The summed E-state index contributed by atoms with van der Waals surface area (Å²) in [5, 5.41) is 3.18. The van der Waals surface area contributed by atoms with Gasteiger partial charge in [-0.05, 0) is 13.0 Å². The number of halogens is 3. The maximum atomic E-state index is 12.0. The number of ether oxygens (including phenoxy) is 1. The number of aryl methyl sites for hydroxylation is 1. The Morgan fingerprint density at radius 2 is 2.21 bits per heavy atom. The Morgan fingerprint density at radius 3 is 2.74 bits per heavy atom. The summed E-state index contributed by atoms with van der Waals surface area (Å²) in [6.07, 6.45) is 0.655. The van der Waals surface area contributed by atoms with E-state index in [0.29, 0.717) is 6.42 Å². The fourth-order valence-electron chi connectivity index (χ4n) is 1.67. The fraction of sp³-hybridized carbons (Fsp3) is 0.750. The summed E-state index contributed by atoms with van der Waals surface area (Å²) in [5.41, 5.74) is 0. The zero-order valence-corrected chi connectivity index (χ0v) is 11.2. The van der Waals surface area contributed by atoms with Gasteiger partial charge in [0.15, 0.2) is 0 Å². The molecule has 1 heterocycles. The van der Waals surface area contributed by atoms with Crippen molar-refractivity contribution in [1.29, 1.82) is 0 Å². The molecule has 1 unspecified atom stereocenters. The molecule has 1 atom stereocenters. The molecule has 0 fully saturated rings. The summed E-state index contributed by atoms with van der Waals surface area (Å²) in [6.45, 7) is 1.55. The molecule has 0 aliphatic heterocycles. The molecule has 0 aromatic carbocycles. The first-order chi connectivity index (χ1) is 8.92. The van der Waals surface area contributed by atoms with Gasteiger partial charge in [-0.25, -0.2) is 4.98 Å². The van der Waals surface area contributed by atoms with Gasteiger partial charge in [0.2, 0.25) is 0 Å². The normalized spacial score (nSPS) is 13.7. The second-order valence-corrected chi connectivity index (χ2v) is 4.44. The lowest BCUT2D eigenvalue weighted by atomic mass is 10.2. The first-order valence-electron chi connectivity index (χ1n) is 6.26. The molecule has 1 aromatic heterocycles. The van der Waals surface area contributed by atoms with Crippen molar-refractivity contribution < 1.29 is 17.9 Å². The molecule has 0 aliphatic rings. The first-order valence-corrected chi connectivity index (χ1v) is 6.26. The molecule has 0 saturated carbocycles. The molecular formula is C12H20F3N3O. The van der Waals surface area contributed by atoms with Crippen LogP contribution in [0.1, 0.15) is 19.2 Å². The molecule has 0 amide bonds. The number of aromatic nitrogens is 2. The smallest absolute Gasteiger partial charge is 0.370 e. The average Bonchev–Trinajstić information content (AvgIpc) is 2.70. The molecule has 4 nitrogen and oxygen atoms in total. The highest BCUT2D eigenvalue weighted by molar-refractivity contribution is 4.94. The molecular weight excluding hydrogens is 259 g/mol. The van der Waals surface area contributed by atoms with Gasteiger partial charge < -0.3 is 14.6 Å². The number of hydrogen-bond donors (Lipinski definition) is 1. The van der Waals surface area contributed by atoms with Crippen molar-refractivity contribution in [3.63, 3.8) is 0 Å². The highest BCUT2D eigenvalue weighted by Gasteiger charge is 2.28. The van der Waals surface area contributed by atoms with E-state index in [4.69, 9.17) is 4.74 Å². The van der Waals surface area contributed by atoms with Crippen LogP contribution in [0.15, 0.2) is 12.4 Å². The van der Waals surface area contributed by atoms with E-state index in [2.05, 4.69) is 10.3 Å². The Hall–Kier alpha value is -1.08. The van der Waals surface area contributed by atoms with Crippen molar-refractivity contribution in [2.45, 2.75) is 32.0 Å². The van der Waals surface area contributed by atoms with Gasteiger partial charge in [0.1, 0.15) is 12.4 Å². The van der Waals surface area contributed by atoms with Gasteiger partial charge in [-0.2, -0.15) is 13.2 Å². The third-order valence-corrected chi connectivity index (χ3v) is 2.62. The molecule has 0 bridgehead atoms. The lowest BCUT2D eigenvalue weighted by Crippen LogP contribution is -2.37. The third kappa shape index (κ3) is 6.58. The second-order valence-electron chi connectivity index (χ2n) is 4.44. The minimum Gasteiger partial charge on any atom is -0.370 e. The topological polar surface area (TPSA) is 39.1 Å². The van der Waals surface area contributed by atoms with Gasteiger partial charge in [0.25, 0.3) is 0 Å². The monoisotopic (exact) mass is 279 g/mol.